The van der Waals surface area contributed by atoms with Crippen LogP contribution < -0.4 is 9.47 Å². The van der Waals surface area contributed by atoms with Gasteiger partial charge in [0.1, 0.15) is 0 Å². The van der Waals surface area contributed by atoms with Gasteiger partial charge < -0.3 is 9.47 Å². The Bertz CT molecular complexity index is 470. The summed E-state index contributed by atoms with van der Waals surface area (Å²) in [7, 11) is 0. The highest BCUT2D eigenvalue weighted by atomic mass is 16.7. The fourth-order valence-electron chi connectivity index (χ4n) is 1.39. The number of fused-ring (bicyclic) bond motifs is 3. The smallest absolute Gasteiger partial charge is 0.280 e. The predicted octanol–water partition coefficient (Wildman–Crippen LogP) is 1.36. The lowest BCUT2D eigenvalue weighted by molar-refractivity contribution is 0.171. The van der Waals surface area contributed by atoms with Crippen LogP contribution in [0.1, 0.15) is 0 Å². The quantitative estimate of drug-likeness (QED) is 0.604. The van der Waals surface area contributed by atoms with Gasteiger partial charge in [-0.25, -0.2) is 0 Å². The normalized spacial score (nSPS) is 13.5. The Morgan fingerprint density at radius 3 is 3.00 bits per heavy atom. The zero-order valence-corrected chi connectivity index (χ0v) is 6.73. The third-order valence-corrected chi connectivity index (χ3v) is 1.99. The van der Waals surface area contributed by atoms with Gasteiger partial charge >= 0.3 is 0 Å². The van der Waals surface area contributed by atoms with Crippen LogP contribution >= 0.6 is 0 Å². The van der Waals surface area contributed by atoms with Gasteiger partial charge in [0.15, 0.2) is 5.75 Å². The summed E-state index contributed by atoms with van der Waals surface area (Å²) < 4.78 is 10.4. The van der Waals surface area contributed by atoms with Crippen LogP contribution in [-0.2, 0) is 0 Å². The minimum atomic E-state index is 0.234. The standard InChI is InChI=1S/C9H6N2O2/c1-2-4-7-6(3-1)8-9(11-10-7)13-5-12-8/h1-4H,5H2. The number of ether oxygens (including phenoxy) is 2. The van der Waals surface area contributed by atoms with Crippen molar-refractivity contribution in [1.29, 1.82) is 0 Å². The Hall–Kier alpha value is -1.84. The summed E-state index contributed by atoms with van der Waals surface area (Å²) >= 11 is 0. The molecule has 0 amide bonds. The molecule has 0 unspecified atom stereocenters. The van der Waals surface area contributed by atoms with Crippen molar-refractivity contribution in [3.05, 3.63) is 24.3 Å². The second-order valence-corrected chi connectivity index (χ2v) is 2.76. The van der Waals surface area contributed by atoms with Crippen LogP contribution in [-0.4, -0.2) is 17.0 Å². The van der Waals surface area contributed by atoms with E-state index >= 15 is 0 Å². The largest absolute Gasteiger partial charge is 0.451 e. The number of aromatic nitrogens is 2. The second-order valence-electron chi connectivity index (χ2n) is 2.76. The number of rotatable bonds is 0. The summed E-state index contributed by atoms with van der Waals surface area (Å²) in [6.07, 6.45) is 0. The van der Waals surface area contributed by atoms with Crippen molar-refractivity contribution < 1.29 is 9.47 Å². The van der Waals surface area contributed by atoms with Gasteiger partial charge in [-0.1, -0.05) is 12.1 Å². The number of nitrogens with zero attached hydrogens (tertiary/aromatic N) is 2. The van der Waals surface area contributed by atoms with Gasteiger partial charge in [-0.15, -0.1) is 10.2 Å². The maximum Gasteiger partial charge on any atom is 0.280 e. The minimum absolute atomic E-state index is 0.234. The fraction of sp³-hybridized carbons (Fsp3) is 0.111. The van der Waals surface area contributed by atoms with E-state index in [1.54, 1.807) is 0 Å². The Labute approximate surface area is 74.1 Å². The summed E-state index contributed by atoms with van der Waals surface area (Å²) in [4.78, 5) is 0. The Morgan fingerprint density at radius 1 is 1.08 bits per heavy atom. The molecule has 13 heavy (non-hydrogen) atoms. The predicted molar refractivity (Wildman–Crippen MR) is 45.7 cm³/mol. The monoisotopic (exact) mass is 174 g/mol. The number of hydrogen-bond acceptors (Lipinski definition) is 4. The van der Waals surface area contributed by atoms with Crippen molar-refractivity contribution in [1.82, 2.24) is 10.2 Å². The molecule has 3 rings (SSSR count). The maximum absolute atomic E-state index is 5.29. The van der Waals surface area contributed by atoms with Crippen LogP contribution in [0.2, 0.25) is 0 Å². The van der Waals surface area contributed by atoms with E-state index in [1.807, 2.05) is 24.3 Å². The zero-order valence-electron chi connectivity index (χ0n) is 6.73. The van der Waals surface area contributed by atoms with Gasteiger partial charge in [0.05, 0.1) is 10.9 Å². The highest BCUT2D eigenvalue weighted by molar-refractivity contribution is 5.86. The molecule has 4 nitrogen and oxygen atoms in total. The van der Waals surface area contributed by atoms with Gasteiger partial charge in [0, 0.05) is 0 Å². The van der Waals surface area contributed by atoms with Crippen molar-refractivity contribution in [3.8, 4) is 11.6 Å². The first kappa shape index (κ1) is 6.65. The molecule has 0 aliphatic carbocycles. The van der Waals surface area contributed by atoms with Crippen LogP contribution in [0, 0.1) is 0 Å². The molecule has 0 saturated heterocycles. The lowest BCUT2D eigenvalue weighted by Crippen LogP contribution is -1.93. The summed E-state index contributed by atoms with van der Waals surface area (Å²) in [5.74, 6) is 1.18. The molecule has 2 aromatic rings. The van der Waals surface area contributed by atoms with E-state index in [0.717, 1.165) is 10.9 Å². The summed E-state index contributed by atoms with van der Waals surface area (Å²) in [6, 6.07) is 7.69. The van der Waals surface area contributed by atoms with Crippen molar-refractivity contribution in [2.45, 2.75) is 0 Å². The molecule has 64 valence electrons. The average molecular weight is 174 g/mol. The van der Waals surface area contributed by atoms with Crippen LogP contribution in [0.3, 0.4) is 0 Å². The Balaban J connectivity index is 2.43. The molecule has 2 heterocycles. The van der Waals surface area contributed by atoms with E-state index in [2.05, 4.69) is 10.2 Å². The highest BCUT2D eigenvalue weighted by Gasteiger charge is 2.18. The van der Waals surface area contributed by atoms with Gasteiger partial charge in [-0.05, 0) is 12.1 Å². The molecule has 0 fully saturated rings. The Morgan fingerprint density at radius 2 is 2.00 bits per heavy atom. The second kappa shape index (κ2) is 2.32. The maximum atomic E-state index is 5.29. The third kappa shape index (κ3) is 0.853. The first-order chi connectivity index (χ1) is 6.45. The highest BCUT2D eigenvalue weighted by Crippen LogP contribution is 2.35. The fourth-order valence-corrected chi connectivity index (χ4v) is 1.39. The van der Waals surface area contributed by atoms with Crippen molar-refractivity contribution in [3.63, 3.8) is 0 Å². The molecule has 1 aromatic heterocycles. The van der Waals surface area contributed by atoms with E-state index in [1.165, 1.54) is 0 Å². The molecule has 0 bridgehead atoms. The zero-order chi connectivity index (χ0) is 8.67. The van der Waals surface area contributed by atoms with Crippen molar-refractivity contribution >= 4 is 10.9 Å². The lowest BCUT2D eigenvalue weighted by Gasteiger charge is -1.98. The van der Waals surface area contributed by atoms with Crippen molar-refractivity contribution in [2.75, 3.05) is 6.79 Å². The van der Waals surface area contributed by atoms with Gasteiger partial charge in [-0.3, -0.25) is 0 Å². The van der Waals surface area contributed by atoms with Crippen LogP contribution in [0.25, 0.3) is 10.9 Å². The van der Waals surface area contributed by atoms with Crippen LogP contribution in [0.5, 0.6) is 11.6 Å². The van der Waals surface area contributed by atoms with Crippen LogP contribution in [0.4, 0.5) is 0 Å². The Kier molecular flexibility index (Phi) is 1.19. The molecular weight excluding hydrogens is 168 g/mol. The summed E-state index contributed by atoms with van der Waals surface area (Å²) in [5.41, 5.74) is 0.826. The molecule has 0 radical (unpaired) electrons. The van der Waals surface area contributed by atoms with Crippen molar-refractivity contribution in [2.24, 2.45) is 0 Å². The molecule has 0 atom stereocenters. The number of hydrogen-bond donors (Lipinski definition) is 0. The van der Waals surface area contributed by atoms with E-state index in [0.29, 0.717) is 11.6 Å². The SMILES string of the molecule is c1ccc2c3c(nnc2c1)OCO3. The van der Waals surface area contributed by atoms with E-state index in [4.69, 9.17) is 9.47 Å². The summed E-state index contributed by atoms with van der Waals surface area (Å²) in [6.45, 7) is 0.234. The minimum Gasteiger partial charge on any atom is -0.451 e. The van der Waals surface area contributed by atoms with Gasteiger partial charge in [-0.2, -0.15) is 0 Å². The first-order valence-corrected chi connectivity index (χ1v) is 3.96. The molecule has 1 aromatic carbocycles. The van der Waals surface area contributed by atoms with E-state index < -0.39 is 0 Å². The molecule has 1 aliphatic heterocycles. The topological polar surface area (TPSA) is 44.2 Å². The van der Waals surface area contributed by atoms with Gasteiger partial charge in [0.2, 0.25) is 6.79 Å². The molecular formula is C9H6N2O2. The molecule has 4 heteroatoms. The van der Waals surface area contributed by atoms with E-state index in [9.17, 15) is 0 Å². The molecule has 0 spiro atoms. The molecule has 0 N–H and O–H groups in total. The third-order valence-electron chi connectivity index (χ3n) is 1.99. The molecule has 1 aliphatic rings. The average Bonchev–Trinajstić information content (AvgIpc) is 2.65. The molecule has 0 saturated carbocycles. The lowest BCUT2D eigenvalue weighted by atomic mass is 10.2. The van der Waals surface area contributed by atoms with E-state index in [-0.39, 0.29) is 6.79 Å². The number of benzene rings is 1. The van der Waals surface area contributed by atoms with Gasteiger partial charge in [0.25, 0.3) is 5.88 Å². The summed E-state index contributed by atoms with van der Waals surface area (Å²) in [5, 5.41) is 8.84. The first-order valence-electron chi connectivity index (χ1n) is 3.96. The van der Waals surface area contributed by atoms with Crippen LogP contribution in [0.15, 0.2) is 24.3 Å².